The highest BCUT2D eigenvalue weighted by molar-refractivity contribution is 5.78. The van der Waals surface area contributed by atoms with E-state index in [0.29, 0.717) is 19.6 Å². The second-order valence-corrected chi connectivity index (χ2v) is 6.34. The minimum Gasteiger partial charge on any atom is -0.444 e. The normalized spacial score (nSPS) is 28.4. The Morgan fingerprint density at radius 2 is 2.10 bits per heavy atom. The molecule has 20 heavy (non-hydrogen) atoms. The summed E-state index contributed by atoms with van der Waals surface area (Å²) < 4.78 is 5.30. The number of nitrogens with zero attached hydrogens (tertiary/aromatic N) is 2. The van der Waals surface area contributed by atoms with Gasteiger partial charge in [0, 0.05) is 19.6 Å². The molecule has 0 unspecified atom stereocenters. The van der Waals surface area contributed by atoms with Crippen LogP contribution in [0.15, 0.2) is 0 Å². The highest BCUT2D eigenvalue weighted by Gasteiger charge is 2.40. The quantitative estimate of drug-likeness (QED) is 0.672. The number of nitrogens with one attached hydrogen (secondary N) is 1. The monoisotopic (exact) mass is 285 g/mol. The Bertz CT molecular complexity index is 394. The average molecular weight is 285 g/mol. The van der Waals surface area contributed by atoms with Crippen molar-refractivity contribution in [2.24, 2.45) is 0 Å². The molecule has 0 aromatic carbocycles. The third kappa shape index (κ3) is 3.61. The molecule has 114 valence electrons. The van der Waals surface area contributed by atoms with Crippen molar-refractivity contribution >= 4 is 12.0 Å². The first-order valence-electron chi connectivity index (χ1n) is 6.93. The lowest BCUT2D eigenvalue weighted by molar-refractivity contribution is -0.125. The number of likely N-dealkylation sites (tertiary alicyclic amines) is 1. The van der Waals surface area contributed by atoms with Crippen LogP contribution in [-0.2, 0) is 9.53 Å². The second kappa shape index (κ2) is 5.57. The highest BCUT2D eigenvalue weighted by atomic mass is 16.6. The van der Waals surface area contributed by atoms with Crippen LogP contribution in [0.5, 0.6) is 0 Å². The smallest absolute Gasteiger partial charge is 0.410 e. The number of carbonyl (C=O) groups is 2. The summed E-state index contributed by atoms with van der Waals surface area (Å²) in [5.41, 5.74) is -0.550. The molecule has 7 nitrogen and oxygen atoms in total. The Labute approximate surface area is 118 Å². The van der Waals surface area contributed by atoms with Crippen molar-refractivity contribution in [3.8, 4) is 0 Å². The van der Waals surface area contributed by atoms with Crippen molar-refractivity contribution in [1.29, 1.82) is 0 Å². The maximum Gasteiger partial charge on any atom is 0.410 e. The van der Waals surface area contributed by atoms with Gasteiger partial charge in [0.05, 0.1) is 25.2 Å². The molecule has 0 aromatic rings. The average Bonchev–Trinajstić information content (AvgIpc) is 2.69. The van der Waals surface area contributed by atoms with Gasteiger partial charge < -0.3 is 20.1 Å². The van der Waals surface area contributed by atoms with Crippen LogP contribution in [0, 0.1) is 0 Å². The zero-order chi connectivity index (χ0) is 14.9. The summed E-state index contributed by atoms with van der Waals surface area (Å²) in [5.74, 6) is -0.0424. The van der Waals surface area contributed by atoms with Gasteiger partial charge in [0.2, 0.25) is 5.91 Å². The van der Waals surface area contributed by atoms with Crippen LogP contribution < -0.4 is 5.32 Å². The summed E-state index contributed by atoms with van der Waals surface area (Å²) in [5, 5.41) is 12.9. The van der Waals surface area contributed by atoms with Gasteiger partial charge in [-0.2, -0.15) is 0 Å². The zero-order valence-corrected chi connectivity index (χ0v) is 12.3. The van der Waals surface area contributed by atoms with E-state index in [2.05, 4.69) is 5.32 Å². The standard InChI is InChI=1S/C13H23N3O4/c1-13(2,3)20-12(19)16-6-9(10(17)7-16)15-5-4-14-11(18)8-15/h9-10,17H,4-8H2,1-3H3,(H,14,18)/t9-,10-/m1/s1. The lowest BCUT2D eigenvalue weighted by Crippen LogP contribution is -2.54. The molecule has 2 fully saturated rings. The number of amides is 2. The number of β-amino-alcohol motifs (C(OH)–C–C–N with tert-alkyl or cyclic N) is 1. The number of ether oxygens (including phenoxy) is 1. The maximum absolute atomic E-state index is 12.0. The molecule has 2 rings (SSSR count). The van der Waals surface area contributed by atoms with E-state index < -0.39 is 17.8 Å². The zero-order valence-electron chi connectivity index (χ0n) is 12.3. The van der Waals surface area contributed by atoms with Gasteiger partial charge in [0.1, 0.15) is 5.60 Å². The van der Waals surface area contributed by atoms with E-state index in [1.807, 2.05) is 25.7 Å². The third-order valence-electron chi connectivity index (χ3n) is 3.45. The van der Waals surface area contributed by atoms with Gasteiger partial charge in [-0.1, -0.05) is 0 Å². The lowest BCUT2D eigenvalue weighted by Gasteiger charge is -2.33. The summed E-state index contributed by atoms with van der Waals surface area (Å²) in [6, 6.07) is -0.200. The number of rotatable bonds is 1. The SMILES string of the molecule is CC(C)(C)OC(=O)N1C[C@@H](O)[C@H](N2CCNC(=O)C2)C1. The summed E-state index contributed by atoms with van der Waals surface area (Å²) in [4.78, 5) is 26.8. The number of hydrogen-bond donors (Lipinski definition) is 2. The minimum absolute atomic E-state index is 0.0424. The van der Waals surface area contributed by atoms with E-state index in [9.17, 15) is 14.7 Å². The van der Waals surface area contributed by atoms with Gasteiger partial charge in [-0.15, -0.1) is 0 Å². The van der Waals surface area contributed by atoms with E-state index in [-0.39, 0.29) is 25.0 Å². The summed E-state index contributed by atoms with van der Waals surface area (Å²) in [7, 11) is 0. The molecule has 2 saturated heterocycles. The minimum atomic E-state index is -0.645. The Balaban J connectivity index is 1.94. The van der Waals surface area contributed by atoms with Crippen molar-refractivity contribution in [2.75, 3.05) is 32.7 Å². The van der Waals surface area contributed by atoms with Crippen LogP contribution in [0.4, 0.5) is 4.79 Å². The number of piperazine rings is 1. The fraction of sp³-hybridized carbons (Fsp3) is 0.846. The second-order valence-electron chi connectivity index (χ2n) is 6.34. The third-order valence-corrected chi connectivity index (χ3v) is 3.45. The molecule has 2 heterocycles. The molecule has 7 heteroatoms. The topological polar surface area (TPSA) is 82.1 Å². The highest BCUT2D eigenvalue weighted by Crippen LogP contribution is 2.20. The molecule has 0 radical (unpaired) electrons. The van der Waals surface area contributed by atoms with Gasteiger partial charge in [-0.05, 0) is 20.8 Å². The van der Waals surface area contributed by atoms with Crippen molar-refractivity contribution in [2.45, 2.75) is 38.5 Å². The van der Waals surface area contributed by atoms with E-state index in [1.54, 1.807) is 0 Å². The van der Waals surface area contributed by atoms with E-state index in [0.717, 1.165) is 0 Å². The fourth-order valence-corrected chi connectivity index (χ4v) is 2.55. The van der Waals surface area contributed by atoms with Crippen molar-refractivity contribution in [3.05, 3.63) is 0 Å². The fourth-order valence-electron chi connectivity index (χ4n) is 2.55. The predicted molar refractivity (Wildman–Crippen MR) is 72.2 cm³/mol. The Kier molecular flexibility index (Phi) is 4.19. The van der Waals surface area contributed by atoms with Crippen molar-refractivity contribution in [1.82, 2.24) is 15.1 Å². The van der Waals surface area contributed by atoms with Gasteiger partial charge in [-0.25, -0.2) is 4.79 Å². The Morgan fingerprint density at radius 1 is 1.40 bits per heavy atom. The van der Waals surface area contributed by atoms with Crippen LogP contribution in [0.25, 0.3) is 0 Å². The molecular formula is C13H23N3O4. The van der Waals surface area contributed by atoms with Crippen LogP contribution in [0.1, 0.15) is 20.8 Å². The van der Waals surface area contributed by atoms with E-state index in [1.165, 1.54) is 4.90 Å². The van der Waals surface area contributed by atoms with Crippen LogP contribution in [0.2, 0.25) is 0 Å². The first-order valence-corrected chi connectivity index (χ1v) is 6.93. The van der Waals surface area contributed by atoms with E-state index >= 15 is 0 Å². The number of aliphatic hydroxyl groups excluding tert-OH is 1. The molecule has 2 aliphatic heterocycles. The first-order chi connectivity index (χ1) is 9.26. The molecule has 2 N–H and O–H groups in total. The summed E-state index contributed by atoms with van der Waals surface area (Å²) >= 11 is 0. The molecule has 0 saturated carbocycles. The van der Waals surface area contributed by atoms with Gasteiger partial charge >= 0.3 is 6.09 Å². The largest absolute Gasteiger partial charge is 0.444 e. The van der Waals surface area contributed by atoms with Crippen molar-refractivity contribution < 1.29 is 19.4 Å². The predicted octanol–water partition coefficient (Wildman–Crippen LogP) is -0.602. The number of hydrogen-bond acceptors (Lipinski definition) is 5. The van der Waals surface area contributed by atoms with Gasteiger partial charge in [0.25, 0.3) is 0 Å². The molecule has 0 bridgehead atoms. The van der Waals surface area contributed by atoms with Gasteiger partial charge in [0.15, 0.2) is 0 Å². The summed E-state index contributed by atoms with van der Waals surface area (Å²) in [6.07, 6.45) is -1.06. The Hall–Kier alpha value is -1.34. The van der Waals surface area contributed by atoms with Crippen LogP contribution >= 0.6 is 0 Å². The molecule has 0 aromatic heterocycles. The molecular weight excluding hydrogens is 262 g/mol. The summed E-state index contributed by atoms with van der Waals surface area (Å²) in [6.45, 7) is 7.60. The van der Waals surface area contributed by atoms with Gasteiger partial charge in [-0.3, -0.25) is 9.69 Å². The van der Waals surface area contributed by atoms with Crippen LogP contribution in [0.3, 0.4) is 0 Å². The van der Waals surface area contributed by atoms with Crippen molar-refractivity contribution in [3.63, 3.8) is 0 Å². The Morgan fingerprint density at radius 3 is 2.70 bits per heavy atom. The van der Waals surface area contributed by atoms with Crippen LogP contribution in [-0.4, -0.2) is 77.4 Å². The maximum atomic E-state index is 12.0. The molecule has 2 aliphatic rings. The molecule has 0 aliphatic carbocycles. The molecule has 2 atom stereocenters. The molecule has 0 spiro atoms. The number of aliphatic hydroxyl groups is 1. The molecule has 2 amide bonds. The lowest BCUT2D eigenvalue weighted by atomic mass is 10.1. The van der Waals surface area contributed by atoms with E-state index in [4.69, 9.17) is 4.74 Å². The number of carbonyl (C=O) groups excluding carboxylic acids is 2. The first kappa shape index (κ1) is 15.1.